The van der Waals surface area contributed by atoms with Crippen LogP contribution in [0.4, 0.5) is 23.7 Å². The molecule has 3 aromatic carbocycles. The number of carboxylic acid groups (broad SMARTS) is 1. The van der Waals surface area contributed by atoms with Crippen LogP contribution in [-0.2, 0) is 29.0 Å². The minimum atomic E-state index is -5.08. The van der Waals surface area contributed by atoms with Crippen LogP contribution in [0.1, 0.15) is 35.1 Å². The van der Waals surface area contributed by atoms with Crippen LogP contribution in [0.15, 0.2) is 72.9 Å². The fourth-order valence-electron chi connectivity index (χ4n) is 6.67. The summed E-state index contributed by atoms with van der Waals surface area (Å²) in [5.41, 5.74) is 6.37. The largest absolute Gasteiger partial charge is 0.490 e. The molecule has 260 valence electrons. The summed E-state index contributed by atoms with van der Waals surface area (Å²) in [5, 5.41) is 12.1. The number of amides is 3. The maximum atomic E-state index is 14.7. The lowest BCUT2D eigenvalue weighted by molar-refractivity contribution is -0.192. The molecule has 3 N–H and O–H groups in total. The highest BCUT2D eigenvalue weighted by atomic mass is 35.5. The quantitative estimate of drug-likeness (QED) is 0.214. The van der Waals surface area contributed by atoms with Crippen molar-refractivity contribution in [1.82, 2.24) is 20.1 Å². The number of rotatable bonds is 6. The fourth-order valence-corrected chi connectivity index (χ4v) is 6.87. The van der Waals surface area contributed by atoms with Crippen molar-refractivity contribution in [2.75, 3.05) is 38.6 Å². The maximum absolute atomic E-state index is 14.7. The van der Waals surface area contributed by atoms with E-state index in [1.807, 2.05) is 71.5 Å². The standard InChI is InChI=1S/C34H38ClN5O2.C2HF3O2/c1-22(29-18-36-30-11-7-6-10-28(29)30)32(37-34(42)39-15-14-24-8-4-5-9-25(24)21-39)33(41)40-20-23(19-38(2)3)16-26-17-27(35)12-13-31(26)40;3-2(4,5)1(6)7/h4-13,17-18,22-23,32,36H,14-16,19-21H2,1-3H3,(H,37,42);(H,6,7)/t22?,23-,32?;/m1./s1. The van der Waals surface area contributed by atoms with Crippen LogP contribution in [-0.4, -0.2) is 83.7 Å². The molecule has 4 aromatic rings. The molecule has 2 aliphatic rings. The summed E-state index contributed by atoms with van der Waals surface area (Å²) in [5.74, 6) is -2.90. The van der Waals surface area contributed by atoms with Crippen LogP contribution in [0.2, 0.25) is 5.02 Å². The summed E-state index contributed by atoms with van der Waals surface area (Å²) in [6.45, 7) is 4.60. The number of carbonyl (C=O) groups is 3. The first kappa shape index (κ1) is 35.7. The highest BCUT2D eigenvalue weighted by molar-refractivity contribution is 6.30. The summed E-state index contributed by atoms with van der Waals surface area (Å²) in [6.07, 6.45) is -1.47. The average Bonchev–Trinajstić information content (AvgIpc) is 3.49. The predicted molar refractivity (Wildman–Crippen MR) is 183 cm³/mol. The van der Waals surface area contributed by atoms with Gasteiger partial charge in [-0.05, 0) is 79.4 Å². The zero-order valence-corrected chi connectivity index (χ0v) is 28.2. The van der Waals surface area contributed by atoms with Crippen LogP contribution in [0.5, 0.6) is 0 Å². The van der Waals surface area contributed by atoms with Gasteiger partial charge < -0.3 is 30.1 Å². The van der Waals surface area contributed by atoms with Crippen LogP contribution in [0.25, 0.3) is 10.9 Å². The topological polar surface area (TPSA) is 109 Å². The van der Waals surface area contributed by atoms with Crippen LogP contribution >= 0.6 is 11.6 Å². The van der Waals surface area contributed by atoms with E-state index in [4.69, 9.17) is 21.5 Å². The number of alkyl halides is 3. The number of aromatic amines is 1. The summed E-state index contributed by atoms with van der Waals surface area (Å²) >= 11 is 6.40. The second-order valence-corrected chi connectivity index (χ2v) is 13.2. The summed E-state index contributed by atoms with van der Waals surface area (Å²) in [7, 11) is 4.11. The molecule has 13 heteroatoms. The first-order chi connectivity index (χ1) is 23.2. The van der Waals surface area contributed by atoms with Gasteiger partial charge in [0.1, 0.15) is 6.04 Å². The Labute approximate surface area is 287 Å². The second kappa shape index (κ2) is 14.9. The number of carboxylic acids is 1. The molecule has 3 atom stereocenters. The lowest BCUT2D eigenvalue weighted by Gasteiger charge is -2.39. The Hall–Kier alpha value is -4.55. The van der Waals surface area contributed by atoms with Gasteiger partial charge in [-0.2, -0.15) is 13.2 Å². The minimum absolute atomic E-state index is 0.106. The maximum Gasteiger partial charge on any atom is 0.490 e. The van der Waals surface area contributed by atoms with Gasteiger partial charge in [-0.3, -0.25) is 4.79 Å². The van der Waals surface area contributed by atoms with Gasteiger partial charge in [0.2, 0.25) is 5.91 Å². The number of urea groups is 1. The normalized spacial score (nSPS) is 17.0. The van der Waals surface area contributed by atoms with E-state index in [9.17, 15) is 22.8 Å². The molecule has 0 fully saturated rings. The Kier molecular flexibility index (Phi) is 10.9. The number of para-hydroxylation sites is 1. The van der Waals surface area contributed by atoms with Crippen molar-refractivity contribution in [3.05, 3.63) is 100 Å². The number of aliphatic carboxylic acids is 1. The van der Waals surface area contributed by atoms with Crippen molar-refractivity contribution in [2.24, 2.45) is 5.92 Å². The molecule has 49 heavy (non-hydrogen) atoms. The molecule has 2 aliphatic heterocycles. The molecule has 0 aliphatic carbocycles. The fraction of sp³-hybridized carbons (Fsp3) is 0.361. The van der Waals surface area contributed by atoms with E-state index in [-0.39, 0.29) is 23.8 Å². The zero-order valence-electron chi connectivity index (χ0n) is 27.4. The molecule has 0 spiro atoms. The Morgan fingerprint density at radius 1 is 1.04 bits per heavy atom. The van der Waals surface area contributed by atoms with Gasteiger partial charge in [-0.25, -0.2) is 9.59 Å². The molecule has 3 heterocycles. The monoisotopic (exact) mass is 697 g/mol. The molecule has 2 unspecified atom stereocenters. The number of hydrogen-bond acceptors (Lipinski definition) is 4. The number of hydrogen-bond donors (Lipinski definition) is 3. The van der Waals surface area contributed by atoms with Crippen molar-refractivity contribution < 1.29 is 32.7 Å². The van der Waals surface area contributed by atoms with Gasteiger partial charge in [-0.1, -0.05) is 61.0 Å². The van der Waals surface area contributed by atoms with Gasteiger partial charge in [-0.15, -0.1) is 0 Å². The average molecular weight is 698 g/mol. The van der Waals surface area contributed by atoms with Gasteiger partial charge in [0.05, 0.1) is 0 Å². The molecule has 3 amide bonds. The molecule has 0 radical (unpaired) electrons. The van der Waals surface area contributed by atoms with E-state index < -0.39 is 18.2 Å². The number of halogens is 4. The van der Waals surface area contributed by atoms with Crippen LogP contribution < -0.4 is 10.2 Å². The van der Waals surface area contributed by atoms with E-state index in [1.165, 1.54) is 5.56 Å². The van der Waals surface area contributed by atoms with E-state index >= 15 is 0 Å². The molecule has 0 saturated carbocycles. The van der Waals surface area contributed by atoms with Gasteiger partial charge in [0.15, 0.2) is 0 Å². The Morgan fingerprint density at radius 2 is 1.71 bits per heavy atom. The van der Waals surface area contributed by atoms with Crippen LogP contribution in [0, 0.1) is 5.92 Å². The summed E-state index contributed by atoms with van der Waals surface area (Å²) < 4.78 is 31.7. The first-order valence-electron chi connectivity index (χ1n) is 16.0. The Morgan fingerprint density at radius 3 is 2.41 bits per heavy atom. The van der Waals surface area contributed by atoms with E-state index in [0.717, 1.165) is 52.7 Å². The Bertz CT molecular complexity index is 1830. The van der Waals surface area contributed by atoms with Crippen molar-refractivity contribution in [2.45, 2.75) is 44.4 Å². The molecule has 1 aromatic heterocycles. The molecule has 9 nitrogen and oxygen atoms in total. The van der Waals surface area contributed by atoms with Gasteiger partial charge in [0.25, 0.3) is 0 Å². The predicted octanol–water partition coefficient (Wildman–Crippen LogP) is 6.46. The highest BCUT2D eigenvalue weighted by Crippen LogP contribution is 2.35. The third-order valence-corrected chi connectivity index (χ3v) is 9.22. The number of nitrogens with zero attached hydrogens (tertiary/aromatic N) is 3. The van der Waals surface area contributed by atoms with Crippen molar-refractivity contribution in [3.8, 4) is 0 Å². The lowest BCUT2D eigenvalue weighted by Crippen LogP contribution is -2.56. The molecule has 0 saturated heterocycles. The first-order valence-corrected chi connectivity index (χ1v) is 16.3. The summed E-state index contributed by atoms with van der Waals surface area (Å²) in [4.78, 5) is 46.7. The number of H-pyrrole nitrogens is 1. The van der Waals surface area contributed by atoms with Crippen molar-refractivity contribution in [1.29, 1.82) is 0 Å². The van der Waals surface area contributed by atoms with E-state index in [0.29, 0.717) is 24.7 Å². The smallest absolute Gasteiger partial charge is 0.475 e. The number of benzene rings is 3. The summed E-state index contributed by atoms with van der Waals surface area (Å²) in [6, 6.07) is 21.1. The molecular formula is C36H39ClF3N5O4. The lowest BCUT2D eigenvalue weighted by atomic mass is 9.88. The number of anilines is 1. The number of carbonyl (C=O) groups excluding carboxylic acids is 2. The van der Waals surface area contributed by atoms with Gasteiger partial charge >= 0.3 is 18.2 Å². The SMILES string of the molecule is CC(c1c[nH]c2ccccc12)C(NC(=O)N1CCc2ccccc2C1)C(=O)N1C[C@@H](CN(C)C)Cc2cc(Cl)ccc21.O=C(O)C(F)(F)F. The van der Waals surface area contributed by atoms with E-state index in [2.05, 4.69) is 47.5 Å². The highest BCUT2D eigenvalue weighted by Gasteiger charge is 2.39. The molecule has 6 rings (SSSR count). The Balaban J connectivity index is 0.000000606. The number of fused-ring (bicyclic) bond motifs is 3. The molecular weight excluding hydrogens is 659 g/mol. The van der Waals surface area contributed by atoms with Crippen LogP contribution in [0.3, 0.4) is 0 Å². The third kappa shape index (κ3) is 8.37. The zero-order chi connectivity index (χ0) is 35.5. The molecule has 0 bridgehead atoms. The third-order valence-electron chi connectivity index (χ3n) is 8.99. The van der Waals surface area contributed by atoms with E-state index in [1.54, 1.807) is 0 Å². The number of aromatic nitrogens is 1. The number of nitrogens with one attached hydrogen (secondary N) is 2. The van der Waals surface area contributed by atoms with Gasteiger partial charge in [0, 0.05) is 59.9 Å². The van der Waals surface area contributed by atoms with Crippen molar-refractivity contribution >= 4 is 46.1 Å². The minimum Gasteiger partial charge on any atom is -0.475 e. The van der Waals surface area contributed by atoms with Crippen molar-refractivity contribution in [3.63, 3.8) is 0 Å². The second-order valence-electron chi connectivity index (χ2n) is 12.8.